The van der Waals surface area contributed by atoms with Crippen LogP contribution in [0.25, 0.3) is 11.3 Å². The second kappa shape index (κ2) is 5.52. The van der Waals surface area contributed by atoms with Crippen LogP contribution in [0.1, 0.15) is 31.9 Å². The Morgan fingerprint density at radius 3 is 2.24 bits per heavy atom. The van der Waals surface area contributed by atoms with E-state index in [4.69, 9.17) is 4.52 Å². The van der Waals surface area contributed by atoms with Crippen molar-refractivity contribution in [3.8, 4) is 11.3 Å². The van der Waals surface area contributed by atoms with Crippen LogP contribution in [0.5, 0.6) is 0 Å². The Morgan fingerprint density at radius 1 is 1.10 bits per heavy atom. The third-order valence-electron chi connectivity index (χ3n) is 2.93. The summed E-state index contributed by atoms with van der Waals surface area (Å²) in [6.07, 6.45) is -2.76. The fourth-order valence-corrected chi connectivity index (χ4v) is 1.79. The molecule has 0 aliphatic rings. The minimum atomic E-state index is -4.34. The highest BCUT2D eigenvalue weighted by Crippen LogP contribution is 2.31. The Morgan fingerprint density at radius 2 is 1.71 bits per heavy atom. The van der Waals surface area contributed by atoms with Crippen molar-refractivity contribution in [3.63, 3.8) is 0 Å². The molecule has 0 saturated heterocycles. The number of aromatic nitrogens is 1. The zero-order valence-electron chi connectivity index (χ0n) is 12.1. The van der Waals surface area contributed by atoms with Gasteiger partial charge < -0.3 is 9.84 Å². The van der Waals surface area contributed by atoms with E-state index in [1.165, 1.54) is 12.1 Å². The fourth-order valence-electron chi connectivity index (χ4n) is 1.79. The van der Waals surface area contributed by atoms with Crippen LogP contribution in [0.4, 0.5) is 13.2 Å². The first kappa shape index (κ1) is 15.6. The Labute approximate surface area is 121 Å². The van der Waals surface area contributed by atoms with E-state index in [0.717, 1.165) is 17.7 Å². The van der Waals surface area contributed by atoms with Crippen LogP contribution < -0.4 is 5.32 Å². The summed E-state index contributed by atoms with van der Waals surface area (Å²) >= 11 is 0. The van der Waals surface area contributed by atoms with Gasteiger partial charge >= 0.3 is 6.18 Å². The molecule has 1 heterocycles. The van der Waals surface area contributed by atoms with Gasteiger partial charge in [-0.1, -0.05) is 17.3 Å². The summed E-state index contributed by atoms with van der Waals surface area (Å²) in [7, 11) is 0. The van der Waals surface area contributed by atoms with E-state index in [-0.39, 0.29) is 5.54 Å². The molecule has 0 aliphatic heterocycles. The highest BCUT2D eigenvalue weighted by molar-refractivity contribution is 5.61. The standard InChI is InChI=1S/C15H17F3N2O/c1-14(2,3)19-8-11-9-20-21-13(11)10-4-6-12(7-5-10)15(16,17)18/h4-7,9,19H,8H2,1-3H3. The van der Waals surface area contributed by atoms with E-state index >= 15 is 0 Å². The van der Waals surface area contributed by atoms with Crippen LogP contribution in [0, 0.1) is 0 Å². The lowest BCUT2D eigenvalue weighted by Crippen LogP contribution is -2.35. The predicted octanol–water partition coefficient (Wildman–Crippen LogP) is 4.25. The van der Waals surface area contributed by atoms with Crippen LogP contribution in [-0.4, -0.2) is 10.7 Å². The highest BCUT2D eigenvalue weighted by Gasteiger charge is 2.30. The van der Waals surface area contributed by atoms with Gasteiger partial charge in [0.2, 0.25) is 0 Å². The smallest absolute Gasteiger partial charge is 0.356 e. The molecular weight excluding hydrogens is 281 g/mol. The van der Waals surface area contributed by atoms with Gasteiger partial charge in [-0.15, -0.1) is 0 Å². The number of rotatable bonds is 3. The molecule has 1 aromatic carbocycles. The molecule has 0 radical (unpaired) electrons. The minimum absolute atomic E-state index is 0.0747. The first-order valence-corrected chi connectivity index (χ1v) is 6.53. The topological polar surface area (TPSA) is 38.1 Å². The lowest BCUT2D eigenvalue weighted by Gasteiger charge is -2.20. The molecule has 1 N–H and O–H groups in total. The maximum Gasteiger partial charge on any atom is 0.416 e. The van der Waals surface area contributed by atoms with Gasteiger partial charge in [-0.25, -0.2) is 0 Å². The molecule has 0 fully saturated rings. The van der Waals surface area contributed by atoms with Crippen LogP contribution in [-0.2, 0) is 12.7 Å². The van der Waals surface area contributed by atoms with Crippen molar-refractivity contribution in [1.29, 1.82) is 0 Å². The molecule has 6 heteroatoms. The molecule has 0 aliphatic carbocycles. The van der Waals surface area contributed by atoms with E-state index in [0.29, 0.717) is 17.9 Å². The van der Waals surface area contributed by atoms with Crippen molar-refractivity contribution in [2.45, 2.75) is 39.0 Å². The van der Waals surface area contributed by atoms with Gasteiger partial charge in [-0.2, -0.15) is 13.2 Å². The predicted molar refractivity (Wildman–Crippen MR) is 73.5 cm³/mol. The third-order valence-corrected chi connectivity index (χ3v) is 2.93. The number of hydrogen-bond donors (Lipinski definition) is 1. The number of benzene rings is 1. The Kier molecular flexibility index (Phi) is 4.09. The highest BCUT2D eigenvalue weighted by atomic mass is 19.4. The van der Waals surface area contributed by atoms with Gasteiger partial charge in [-0.05, 0) is 32.9 Å². The zero-order valence-corrected chi connectivity index (χ0v) is 12.1. The molecule has 0 unspecified atom stereocenters. The molecule has 0 spiro atoms. The molecule has 2 aromatic rings. The van der Waals surface area contributed by atoms with Gasteiger partial charge in [0.05, 0.1) is 11.8 Å². The summed E-state index contributed by atoms with van der Waals surface area (Å²) in [5, 5.41) is 7.02. The summed E-state index contributed by atoms with van der Waals surface area (Å²) in [5.74, 6) is 0.487. The fraction of sp³-hybridized carbons (Fsp3) is 0.400. The lowest BCUT2D eigenvalue weighted by atomic mass is 10.0. The van der Waals surface area contributed by atoms with Crippen molar-refractivity contribution < 1.29 is 17.7 Å². The van der Waals surface area contributed by atoms with Crippen molar-refractivity contribution in [2.24, 2.45) is 0 Å². The van der Waals surface area contributed by atoms with Gasteiger partial charge in [0.15, 0.2) is 5.76 Å². The van der Waals surface area contributed by atoms with Crippen LogP contribution >= 0.6 is 0 Å². The van der Waals surface area contributed by atoms with Crippen LogP contribution in [0.2, 0.25) is 0 Å². The monoisotopic (exact) mass is 298 g/mol. The average molecular weight is 298 g/mol. The van der Waals surface area contributed by atoms with Gasteiger partial charge in [-0.3, -0.25) is 0 Å². The number of halogens is 3. The van der Waals surface area contributed by atoms with Crippen molar-refractivity contribution >= 4 is 0 Å². The van der Waals surface area contributed by atoms with Crippen molar-refractivity contribution in [3.05, 3.63) is 41.6 Å². The van der Waals surface area contributed by atoms with Crippen molar-refractivity contribution in [2.75, 3.05) is 0 Å². The number of alkyl halides is 3. The van der Waals surface area contributed by atoms with E-state index in [9.17, 15) is 13.2 Å². The SMILES string of the molecule is CC(C)(C)NCc1cnoc1-c1ccc(C(F)(F)F)cc1. The molecule has 0 atom stereocenters. The van der Waals surface area contributed by atoms with E-state index in [1.807, 2.05) is 20.8 Å². The zero-order chi connectivity index (χ0) is 15.7. The van der Waals surface area contributed by atoms with Gasteiger partial charge in [0, 0.05) is 23.2 Å². The third kappa shape index (κ3) is 4.07. The quantitative estimate of drug-likeness (QED) is 0.920. The maximum atomic E-state index is 12.5. The summed E-state index contributed by atoms with van der Waals surface area (Å²) in [6, 6.07) is 4.87. The molecule has 0 saturated carbocycles. The van der Waals surface area contributed by atoms with E-state index in [1.54, 1.807) is 6.20 Å². The van der Waals surface area contributed by atoms with Crippen LogP contribution in [0.3, 0.4) is 0 Å². The molecule has 1 aromatic heterocycles. The number of nitrogens with zero attached hydrogens (tertiary/aromatic N) is 1. The normalized spacial score (nSPS) is 12.7. The summed E-state index contributed by atoms with van der Waals surface area (Å²) in [4.78, 5) is 0. The Balaban J connectivity index is 2.21. The van der Waals surface area contributed by atoms with Gasteiger partial charge in [0.1, 0.15) is 0 Å². The Bertz CT molecular complexity index is 595. The number of nitrogens with one attached hydrogen (secondary N) is 1. The molecular formula is C15H17F3N2O. The summed E-state index contributed by atoms with van der Waals surface area (Å²) in [5.41, 5.74) is 0.630. The van der Waals surface area contributed by atoms with E-state index in [2.05, 4.69) is 10.5 Å². The first-order valence-electron chi connectivity index (χ1n) is 6.53. The molecule has 21 heavy (non-hydrogen) atoms. The number of hydrogen-bond acceptors (Lipinski definition) is 3. The molecule has 3 nitrogen and oxygen atoms in total. The second-order valence-electron chi connectivity index (χ2n) is 5.86. The van der Waals surface area contributed by atoms with Crippen LogP contribution in [0.15, 0.2) is 35.0 Å². The molecule has 2 rings (SSSR count). The molecule has 114 valence electrons. The van der Waals surface area contributed by atoms with E-state index < -0.39 is 11.7 Å². The first-order chi connectivity index (χ1) is 9.67. The largest absolute Gasteiger partial charge is 0.416 e. The lowest BCUT2D eigenvalue weighted by molar-refractivity contribution is -0.137. The Hall–Kier alpha value is -1.82. The molecule has 0 amide bonds. The molecule has 0 bridgehead atoms. The van der Waals surface area contributed by atoms with Gasteiger partial charge in [0.25, 0.3) is 0 Å². The summed E-state index contributed by atoms with van der Waals surface area (Å²) in [6.45, 7) is 6.61. The maximum absolute atomic E-state index is 12.5. The minimum Gasteiger partial charge on any atom is -0.356 e. The summed E-state index contributed by atoms with van der Waals surface area (Å²) < 4.78 is 42.8. The average Bonchev–Trinajstić information content (AvgIpc) is 2.83. The van der Waals surface area contributed by atoms with Crippen molar-refractivity contribution in [1.82, 2.24) is 10.5 Å². The second-order valence-corrected chi connectivity index (χ2v) is 5.86.